The van der Waals surface area contributed by atoms with Crippen molar-refractivity contribution in [3.63, 3.8) is 0 Å². The van der Waals surface area contributed by atoms with Gasteiger partial charge in [-0.2, -0.15) is 4.31 Å². The van der Waals surface area contributed by atoms with Gasteiger partial charge in [-0.1, -0.05) is 30.3 Å². The molecule has 7 heteroatoms. The van der Waals surface area contributed by atoms with Crippen LogP contribution in [-0.4, -0.2) is 49.8 Å². The maximum atomic E-state index is 13.3. The minimum atomic E-state index is -3.50. The van der Waals surface area contributed by atoms with Crippen molar-refractivity contribution >= 4 is 15.9 Å². The van der Waals surface area contributed by atoms with E-state index < -0.39 is 10.0 Å². The Morgan fingerprint density at radius 3 is 2.29 bits per heavy atom. The second-order valence-electron chi connectivity index (χ2n) is 8.18. The predicted octanol–water partition coefficient (Wildman–Crippen LogP) is 3.85. The van der Waals surface area contributed by atoms with Crippen LogP contribution in [0.25, 0.3) is 0 Å². The van der Waals surface area contributed by atoms with Gasteiger partial charge >= 0.3 is 0 Å². The van der Waals surface area contributed by atoms with Gasteiger partial charge in [0.2, 0.25) is 15.9 Å². The van der Waals surface area contributed by atoms with Gasteiger partial charge in [-0.05, 0) is 62.4 Å². The Bertz CT molecular complexity index is 984. The van der Waals surface area contributed by atoms with E-state index >= 15 is 0 Å². The van der Waals surface area contributed by atoms with E-state index in [4.69, 9.17) is 4.74 Å². The maximum Gasteiger partial charge on any atom is 0.243 e. The largest absolute Gasteiger partial charge is 0.494 e. The number of likely N-dealkylation sites (tertiary alicyclic amines) is 1. The highest BCUT2D eigenvalue weighted by atomic mass is 32.2. The van der Waals surface area contributed by atoms with Crippen LogP contribution in [0.5, 0.6) is 5.75 Å². The fraction of sp³-hybridized carbons (Fsp3) is 0.458. The predicted molar refractivity (Wildman–Crippen MR) is 119 cm³/mol. The lowest BCUT2D eigenvalue weighted by Crippen LogP contribution is -2.44. The molecule has 2 aromatic carbocycles. The van der Waals surface area contributed by atoms with E-state index in [1.807, 2.05) is 24.0 Å². The van der Waals surface area contributed by atoms with E-state index in [0.29, 0.717) is 37.4 Å². The lowest BCUT2D eigenvalue weighted by Gasteiger charge is -2.34. The van der Waals surface area contributed by atoms with Gasteiger partial charge in [-0.15, -0.1) is 0 Å². The molecule has 1 atom stereocenters. The number of piperidine rings is 1. The maximum absolute atomic E-state index is 13.3. The number of ether oxygens (including phenoxy) is 1. The molecular formula is C24H30N2O4S. The van der Waals surface area contributed by atoms with Gasteiger partial charge in [0.1, 0.15) is 5.75 Å². The number of sulfonamides is 1. The van der Waals surface area contributed by atoms with Gasteiger partial charge in [0.25, 0.3) is 0 Å². The molecule has 0 aromatic heterocycles. The van der Waals surface area contributed by atoms with Crippen LogP contribution < -0.4 is 4.74 Å². The number of amides is 1. The second-order valence-corrected chi connectivity index (χ2v) is 10.1. The number of hydrogen-bond acceptors (Lipinski definition) is 4. The fourth-order valence-corrected chi connectivity index (χ4v) is 6.14. The molecule has 2 aliphatic heterocycles. The van der Waals surface area contributed by atoms with Crippen LogP contribution >= 0.6 is 0 Å². The molecule has 0 N–H and O–H groups in total. The van der Waals surface area contributed by atoms with Crippen molar-refractivity contribution in [2.75, 3.05) is 26.2 Å². The Morgan fingerprint density at radius 1 is 0.968 bits per heavy atom. The standard InChI is InChI=1S/C24H30N2O4S/c1-2-30-21-12-10-19(11-13-21)23-9-6-16-26(23)24(27)20-14-17-25(18-15-20)31(28,29)22-7-4-3-5-8-22/h3-5,7-8,10-13,20,23H,2,6,9,14-18H2,1H3. The van der Waals surface area contributed by atoms with E-state index in [9.17, 15) is 13.2 Å². The topological polar surface area (TPSA) is 66.9 Å². The zero-order chi connectivity index (χ0) is 21.8. The number of rotatable bonds is 6. The van der Waals surface area contributed by atoms with Gasteiger partial charge in [-0.3, -0.25) is 4.79 Å². The molecule has 2 heterocycles. The van der Waals surface area contributed by atoms with Crippen molar-refractivity contribution in [3.8, 4) is 5.75 Å². The highest BCUT2D eigenvalue weighted by Gasteiger charge is 2.37. The lowest BCUT2D eigenvalue weighted by molar-refractivity contribution is -0.137. The van der Waals surface area contributed by atoms with Gasteiger partial charge in [0, 0.05) is 25.6 Å². The lowest BCUT2D eigenvalue weighted by atomic mass is 9.95. The molecular weight excluding hydrogens is 412 g/mol. The summed E-state index contributed by atoms with van der Waals surface area (Å²) in [5.74, 6) is 0.882. The van der Waals surface area contributed by atoms with Gasteiger partial charge in [0.15, 0.2) is 0 Å². The van der Waals surface area contributed by atoms with Crippen LogP contribution in [0.3, 0.4) is 0 Å². The van der Waals surface area contributed by atoms with Crippen molar-refractivity contribution < 1.29 is 17.9 Å². The molecule has 2 saturated heterocycles. The molecule has 31 heavy (non-hydrogen) atoms. The normalized spacial score (nSPS) is 20.7. The third kappa shape index (κ3) is 4.62. The van der Waals surface area contributed by atoms with Crippen LogP contribution in [0.4, 0.5) is 0 Å². The van der Waals surface area contributed by atoms with Crippen molar-refractivity contribution in [2.45, 2.75) is 43.5 Å². The number of nitrogens with zero attached hydrogens (tertiary/aromatic N) is 2. The van der Waals surface area contributed by atoms with Crippen LogP contribution in [0.1, 0.15) is 44.2 Å². The molecule has 2 aromatic rings. The molecule has 4 rings (SSSR count). The van der Waals surface area contributed by atoms with E-state index in [1.54, 1.807) is 30.3 Å². The minimum Gasteiger partial charge on any atom is -0.494 e. The van der Waals surface area contributed by atoms with Gasteiger partial charge in [0.05, 0.1) is 17.5 Å². The smallest absolute Gasteiger partial charge is 0.243 e. The quantitative estimate of drug-likeness (QED) is 0.682. The second kappa shape index (κ2) is 9.40. The van der Waals surface area contributed by atoms with Crippen molar-refractivity contribution in [2.24, 2.45) is 5.92 Å². The molecule has 1 unspecified atom stereocenters. The minimum absolute atomic E-state index is 0.0919. The summed E-state index contributed by atoms with van der Waals surface area (Å²) in [4.78, 5) is 15.6. The fourth-order valence-electron chi connectivity index (χ4n) is 4.65. The number of hydrogen-bond donors (Lipinski definition) is 0. The van der Waals surface area contributed by atoms with Crippen LogP contribution in [0, 0.1) is 5.92 Å². The van der Waals surface area contributed by atoms with E-state index in [1.165, 1.54) is 4.31 Å². The summed E-state index contributed by atoms with van der Waals surface area (Å²) in [5, 5.41) is 0. The monoisotopic (exact) mass is 442 g/mol. The zero-order valence-corrected chi connectivity index (χ0v) is 18.8. The highest BCUT2D eigenvalue weighted by Crippen LogP contribution is 2.35. The average Bonchev–Trinajstić information content (AvgIpc) is 3.30. The Morgan fingerprint density at radius 2 is 1.65 bits per heavy atom. The first-order valence-corrected chi connectivity index (χ1v) is 12.5. The third-order valence-corrected chi connectivity index (χ3v) is 8.21. The molecule has 0 aliphatic carbocycles. The highest BCUT2D eigenvalue weighted by molar-refractivity contribution is 7.89. The van der Waals surface area contributed by atoms with Crippen LogP contribution in [0.2, 0.25) is 0 Å². The number of carbonyl (C=O) groups excluding carboxylic acids is 1. The molecule has 0 saturated carbocycles. The number of carbonyl (C=O) groups is 1. The average molecular weight is 443 g/mol. The molecule has 166 valence electrons. The SMILES string of the molecule is CCOc1ccc(C2CCCN2C(=O)C2CCN(S(=O)(=O)c3ccccc3)CC2)cc1. The summed E-state index contributed by atoms with van der Waals surface area (Å²) < 4.78 is 32.7. The first-order valence-electron chi connectivity index (χ1n) is 11.1. The number of benzene rings is 2. The Balaban J connectivity index is 1.40. The van der Waals surface area contributed by atoms with Gasteiger partial charge in [-0.25, -0.2) is 8.42 Å². The van der Waals surface area contributed by atoms with Crippen molar-refractivity contribution in [1.29, 1.82) is 0 Å². The Kier molecular flexibility index (Phi) is 6.62. The molecule has 2 fully saturated rings. The summed E-state index contributed by atoms with van der Waals surface area (Å²) >= 11 is 0. The van der Waals surface area contributed by atoms with Crippen LogP contribution in [-0.2, 0) is 14.8 Å². The van der Waals surface area contributed by atoms with Crippen molar-refractivity contribution in [3.05, 3.63) is 60.2 Å². The zero-order valence-electron chi connectivity index (χ0n) is 17.9. The Hall–Kier alpha value is -2.38. The third-order valence-electron chi connectivity index (χ3n) is 6.30. The van der Waals surface area contributed by atoms with E-state index in [0.717, 1.165) is 30.7 Å². The summed E-state index contributed by atoms with van der Waals surface area (Å²) in [6.07, 6.45) is 3.08. The van der Waals surface area contributed by atoms with Crippen LogP contribution in [0.15, 0.2) is 59.5 Å². The molecule has 0 spiro atoms. The summed E-state index contributed by atoms with van der Waals surface area (Å²) in [7, 11) is -3.50. The van der Waals surface area contributed by atoms with Crippen molar-refractivity contribution in [1.82, 2.24) is 9.21 Å². The Labute approximate surface area is 184 Å². The first kappa shape index (κ1) is 21.8. The molecule has 0 bridgehead atoms. The first-order chi connectivity index (χ1) is 15.0. The summed E-state index contributed by atoms with van der Waals surface area (Å²) in [6, 6.07) is 16.6. The van der Waals surface area contributed by atoms with E-state index in [-0.39, 0.29) is 17.9 Å². The molecule has 2 aliphatic rings. The van der Waals surface area contributed by atoms with Gasteiger partial charge < -0.3 is 9.64 Å². The molecule has 0 radical (unpaired) electrons. The van der Waals surface area contributed by atoms with E-state index in [2.05, 4.69) is 12.1 Å². The molecule has 6 nitrogen and oxygen atoms in total. The summed E-state index contributed by atoms with van der Waals surface area (Å²) in [5.41, 5.74) is 1.14. The molecule has 1 amide bonds. The summed E-state index contributed by atoms with van der Waals surface area (Å²) in [6.45, 7) is 4.12.